The first-order chi connectivity index (χ1) is 8.56. The van der Waals surface area contributed by atoms with Crippen LogP contribution in [0.25, 0.3) is 0 Å². The molecule has 2 heterocycles. The zero-order valence-electron chi connectivity index (χ0n) is 10.2. The van der Waals surface area contributed by atoms with Crippen LogP contribution in [0.15, 0.2) is 6.33 Å². The standard InChI is InChI=1S/C10H16N6OS/c1-14-2-4-15(5-3-14)8(17)6-16-7-12-10(13-16)9(11)18/h7H,2-6H2,1H3,(H2,11,18). The van der Waals surface area contributed by atoms with E-state index in [1.807, 2.05) is 11.9 Å². The molecule has 0 atom stereocenters. The fourth-order valence-electron chi connectivity index (χ4n) is 1.78. The number of carbonyl (C=O) groups is 1. The summed E-state index contributed by atoms with van der Waals surface area (Å²) in [6.45, 7) is 3.50. The lowest BCUT2D eigenvalue weighted by Gasteiger charge is -2.32. The minimum atomic E-state index is 0.0440. The van der Waals surface area contributed by atoms with Crippen molar-refractivity contribution in [3.63, 3.8) is 0 Å². The van der Waals surface area contributed by atoms with Crippen LogP contribution in [-0.2, 0) is 11.3 Å². The Hall–Kier alpha value is -1.54. The van der Waals surface area contributed by atoms with Crippen LogP contribution in [0.2, 0.25) is 0 Å². The van der Waals surface area contributed by atoms with E-state index in [0.717, 1.165) is 26.2 Å². The third-order valence-corrected chi connectivity index (χ3v) is 3.09. The van der Waals surface area contributed by atoms with E-state index in [4.69, 9.17) is 18.0 Å². The van der Waals surface area contributed by atoms with Gasteiger partial charge in [-0.25, -0.2) is 9.67 Å². The molecule has 8 heteroatoms. The van der Waals surface area contributed by atoms with Crippen molar-refractivity contribution in [1.29, 1.82) is 0 Å². The monoisotopic (exact) mass is 268 g/mol. The van der Waals surface area contributed by atoms with Crippen LogP contribution < -0.4 is 5.73 Å². The number of piperazine rings is 1. The molecule has 1 aromatic heterocycles. The fourth-order valence-corrected chi connectivity index (χ4v) is 1.87. The molecule has 18 heavy (non-hydrogen) atoms. The molecule has 1 amide bonds. The van der Waals surface area contributed by atoms with E-state index < -0.39 is 0 Å². The average Bonchev–Trinajstić information content (AvgIpc) is 2.78. The second-order valence-corrected chi connectivity index (χ2v) is 4.75. The maximum atomic E-state index is 12.0. The number of carbonyl (C=O) groups excluding carboxylic acids is 1. The van der Waals surface area contributed by atoms with Gasteiger partial charge in [0.2, 0.25) is 11.7 Å². The second-order valence-electron chi connectivity index (χ2n) is 4.31. The lowest BCUT2D eigenvalue weighted by atomic mass is 10.3. The summed E-state index contributed by atoms with van der Waals surface area (Å²) in [7, 11) is 2.05. The second kappa shape index (κ2) is 5.40. The maximum absolute atomic E-state index is 12.0. The Morgan fingerprint density at radius 3 is 2.67 bits per heavy atom. The van der Waals surface area contributed by atoms with Crippen LogP contribution in [0.4, 0.5) is 0 Å². The lowest BCUT2D eigenvalue weighted by molar-refractivity contribution is -0.133. The number of thiocarbonyl (C=S) groups is 1. The van der Waals surface area contributed by atoms with E-state index in [-0.39, 0.29) is 17.4 Å². The molecule has 0 bridgehead atoms. The molecule has 7 nitrogen and oxygen atoms in total. The number of hydrogen-bond acceptors (Lipinski definition) is 5. The van der Waals surface area contributed by atoms with Crippen LogP contribution >= 0.6 is 12.2 Å². The van der Waals surface area contributed by atoms with Crippen molar-refractivity contribution in [1.82, 2.24) is 24.6 Å². The van der Waals surface area contributed by atoms with Crippen molar-refractivity contribution in [2.75, 3.05) is 33.2 Å². The average molecular weight is 268 g/mol. The number of rotatable bonds is 3. The first-order valence-electron chi connectivity index (χ1n) is 5.72. The molecule has 0 aliphatic carbocycles. The van der Waals surface area contributed by atoms with Gasteiger partial charge in [-0.05, 0) is 7.05 Å². The van der Waals surface area contributed by atoms with E-state index >= 15 is 0 Å². The molecule has 1 fully saturated rings. The highest BCUT2D eigenvalue weighted by Crippen LogP contribution is 2.01. The van der Waals surface area contributed by atoms with Crippen LogP contribution in [-0.4, -0.2) is 68.7 Å². The summed E-state index contributed by atoms with van der Waals surface area (Å²) < 4.78 is 1.47. The summed E-state index contributed by atoms with van der Waals surface area (Å²) in [6.07, 6.45) is 1.47. The van der Waals surface area contributed by atoms with Crippen molar-refractivity contribution in [2.24, 2.45) is 5.73 Å². The Morgan fingerprint density at radius 2 is 2.11 bits per heavy atom. The number of hydrogen-bond donors (Lipinski definition) is 1. The Kier molecular flexibility index (Phi) is 3.87. The molecule has 1 aliphatic rings. The topological polar surface area (TPSA) is 80.3 Å². The molecule has 1 aliphatic heterocycles. The van der Waals surface area contributed by atoms with Crippen molar-refractivity contribution < 1.29 is 4.79 Å². The number of likely N-dealkylation sites (N-methyl/N-ethyl adjacent to an activating group) is 1. The predicted molar refractivity (Wildman–Crippen MR) is 70.0 cm³/mol. The summed E-state index contributed by atoms with van der Waals surface area (Å²) in [4.78, 5) is 20.1. The molecule has 98 valence electrons. The van der Waals surface area contributed by atoms with Crippen molar-refractivity contribution in [3.8, 4) is 0 Å². The van der Waals surface area contributed by atoms with Crippen molar-refractivity contribution in [2.45, 2.75) is 6.54 Å². The summed E-state index contributed by atoms with van der Waals surface area (Å²) in [5, 5.41) is 4.04. The third-order valence-electron chi connectivity index (χ3n) is 2.91. The van der Waals surface area contributed by atoms with Crippen LogP contribution in [0.3, 0.4) is 0 Å². The van der Waals surface area contributed by atoms with Gasteiger partial charge in [-0.15, -0.1) is 5.10 Å². The molecule has 0 aromatic carbocycles. The van der Waals surface area contributed by atoms with E-state index in [1.54, 1.807) is 0 Å². The fraction of sp³-hybridized carbons (Fsp3) is 0.600. The quantitative estimate of drug-likeness (QED) is 0.685. The minimum Gasteiger partial charge on any atom is -0.387 e. The highest BCUT2D eigenvalue weighted by atomic mass is 32.1. The van der Waals surface area contributed by atoms with Gasteiger partial charge in [0.25, 0.3) is 0 Å². The molecule has 1 saturated heterocycles. The summed E-state index contributed by atoms with van der Waals surface area (Å²) in [5.74, 6) is 0.346. The maximum Gasteiger partial charge on any atom is 0.244 e. The highest BCUT2D eigenvalue weighted by Gasteiger charge is 2.19. The number of aromatic nitrogens is 3. The van der Waals surface area contributed by atoms with Gasteiger partial charge in [0, 0.05) is 26.2 Å². The molecule has 1 aromatic rings. The van der Waals surface area contributed by atoms with Gasteiger partial charge < -0.3 is 15.5 Å². The Bertz CT molecular complexity index is 451. The number of nitrogens with zero attached hydrogens (tertiary/aromatic N) is 5. The summed E-state index contributed by atoms with van der Waals surface area (Å²) in [6, 6.07) is 0. The van der Waals surface area contributed by atoms with Gasteiger partial charge in [-0.3, -0.25) is 4.79 Å². The Labute approximate surface area is 111 Å². The zero-order valence-corrected chi connectivity index (χ0v) is 11.1. The first kappa shape index (κ1) is 12.9. The van der Waals surface area contributed by atoms with Crippen molar-refractivity contribution >= 4 is 23.1 Å². The van der Waals surface area contributed by atoms with E-state index in [9.17, 15) is 4.79 Å². The molecule has 2 rings (SSSR count). The SMILES string of the molecule is CN1CCN(C(=O)Cn2cnc(C(N)=S)n2)CC1. The molecule has 0 saturated carbocycles. The lowest BCUT2D eigenvalue weighted by Crippen LogP contribution is -2.48. The zero-order chi connectivity index (χ0) is 13.1. The minimum absolute atomic E-state index is 0.0440. The van der Waals surface area contributed by atoms with Gasteiger partial charge in [0.05, 0.1) is 0 Å². The predicted octanol–water partition coefficient (Wildman–Crippen LogP) is -1.31. The first-order valence-corrected chi connectivity index (χ1v) is 6.12. The van der Waals surface area contributed by atoms with Gasteiger partial charge in [-0.2, -0.15) is 0 Å². The molecule has 0 radical (unpaired) electrons. The molecule has 2 N–H and O–H groups in total. The molecule has 0 unspecified atom stereocenters. The molecular weight excluding hydrogens is 252 g/mol. The Morgan fingerprint density at radius 1 is 1.44 bits per heavy atom. The van der Waals surface area contributed by atoms with Crippen molar-refractivity contribution in [3.05, 3.63) is 12.2 Å². The van der Waals surface area contributed by atoms with Crippen LogP contribution in [0.5, 0.6) is 0 Å². The van der Waals surface area contributed by atoms with Crippen LogP contribution in [0.1, 0.15) is 5.82 Å². The van der Waals surface area contributed by atoms with E-state index in [1.165, 1.54) is 11.0 Å². The summed E-state index contributed by atoms with van der Waals surface area (Å²) >= 11 is 4.77. The van der Waals surface area contributed by atoms with Gasteiger partial charge in [0.1, 0.15) is 17.9 Å². The Balaban J connectivity index is 1.92. The highest BCUT2D eigenvalue weighted by molar-refractivity contribution is 7.80. The molecular formula is C10H16N6OS. The van der Waals surface area contributed by atoms with Crippen LogP contribution in [0, 0.1) is 0 Å². The van der Waals surface area contributed by atoms with Gasteiger partial charge in [-0.1, -0.05) is 12.2 Å². The smallest absolute Gasteiger partial charge is 0.244 e. The number of amides is 1. The third kappa shape index (κ3) is 3.02. The largest absolute Gasteiger partial charge is 0.387 e. The van der Waals surface area contributed by atoms with E-state index in [0.29, 0.717) is 5.82 Å². The van der Waals surface area contributed by atoms with Gasteiger partial charge >= 0.3 is 0 Å². The summed E-state index contributed by atoms with van der Waals surface area (Å²) in [5.41, 5.74) is 5.41. The molecule has 0 spiro atoms. The number of nitrogens with two attached hydrogens (primary N) is 1. The van der Waals surface area contributed by atoms with Gasteiger partial charge in [0.15, 0.2) is 0 Å². The van der Waals surface area contributed by atoms with E-state index in [2.05, 4.69) is 15.0 Å². The normalized spacial score (nSPS) is 16.8.